The number of rotatable bonds is 4. The van der Waals surface area contributed by atoms with Crippen molar-refractivity contribution in [2.75, 3.05) is 12.0 Å². The highest BCUT2D eigenvalue weighted by Crippen LogP contribution is 2.18. The number of hydrogen-bond donors (Lipinski definition) is 0. The molecule has 1 fully saturated rings. The molecule has 1 saturated heterocycles. The number of thioether (sulfide) groups is 1. The zero-order chi connectivity index (χ0) is 8.10. The Labute approximate surface area is 71.7 Å². The van der Waals surface area contributed by atoms with Crippen LogP contribution in [-0.2, 0) is 9.53 Å². The van der Waals surface area contributed by atoms with Gasteiger partial charge in [0.1, 0.15) is 6.10 Å². The quantitative estimate of drug-likeness (QED) is 0.480. The Morgan fingerprint density at radius 2 is 2.55 bits per heavy atom. The lowest BCUT2D eigenvalue weighted by atomic mass is 10.1. The second-order valence-corrected chi connectivity index (χ2v) is 3.77. The lowest BCUT2D eigenvalue weighted by molar-refractivity contribution is -0.141. The van der Waals surface area contributed by atoms with Gasteiger partial charge in [-0.15, -0.1) is 0 Å². The molecule has 1 heterocycles. The van der Waals surface area contributed by atoms with Crippen LogP contribution in [0.2, 0.25) is 0 Å². The molecule has 0 radical (unpaired) electrons. The Bertz CT molecular complexity index is 136. The van der Waals surface area contributed by atoms with E-state index in [0.29, 0.717) is 6.42 Å². The molecule has 1 atom stereocenters. The van der Waals surface area contributed by atoms with Crippen LogP contribution in [-0.4, -0.2) is 24.1 Å². The predicted octanol–water partition coefficient (Wildman–Crippen LogP) is 1.84. The SMILES string of the molecule is CSCCCC1CCC(=O)O1. The molecule has 0 aromatic carbocycles. The molecule has 0 aromatic rings. The molecule has 2 nitrogen and oxygen atoms in total. The van der Waals surface area contributed by atoms with Gasteiger partial charge >= 0.3 is 5.97 Å². The fraction of sp³-hybridized carbons (Fsp3) is 0.875. The standard InChI is InChI=1S/C8H14O2S/c1-11-6-2-3-7-4-5-8(9)10-7/h7H,2-6H2,1H3. The summed E-state index contributed by atoms with van der Waals surface area (Å²) in [7, 11) is 0. The van der Waals surface area contributed by atoms with Crippen LogP contribution in [0.5, 0.6) is 0 Å². The minimum Gasteiger partial charge on any atom is -0.462 e. The Balaban J connectivity index is 2.04. The van der Waals surface area contributed by atoms with Crippen molar-refractivity contribution >= 4 is 17.7 Å². The molecule has 0 saturated carbocycles. The molecular weight excluding hydrogens is 160 g/mol. The van der Waals surface area contributed by atoms with Gasteiger partial charge in [-0.3, -0.25) is 4.79 Å². The highest BCUT2D eigenvalue weighted by Gasteiger charge is 2.22. The van der Waals surface area contributed by atoms with Crippen molar-refractivity contribution in [3.63, 3.8) is 0 Å². The van der Waals surface area contributed by atoms with Crippen LogP contribution in [0.1, 0.15) is 25.7 Å². The highest BCUT2D eigenvalue weighted by atomic mass is 32.2. The third-order valence-electron chi connectivity index (χ3n) is 1.84. The number of ether oxygens (including phenoxy) is 1. The molecule has 1 unspecified atom stereocenters. The fourth-order valence-corrected chi connectivity index (χ4v) is 1.70. The van der Waals surface area contributed by atoms with Gasteiger partial charge in [-0.05, 0) is 31.3 Å². The van der Waals surface area contributed by atoms with E-state index in [2.05, 4.69) is 6.26 Å². The second kappa shape index (κ2) is 4.65. The first kappa shape index (κ1) is 8.91. The van der Waals surface area contributed by atoms with Gasteiger partial charge in [0.05, 0.1) is 0 Å². The summed E-state index contributed by atoms with van der Waals surface area (Å²) < 4.78 is 5.06. The molecule has 1 aliphatic heterocycles. The molecule has 1 aliphatic rings. The van der Waals surface area contributed by atoms with Gasteiger partial charge < -0.3 is 4.74 Å². The third kappa shape index (κ3) is 3.14. The van der Waals surface area contributed by atoms with Gasteiger partial charge in [-0.25, -0.2) is 0 Å². The lowest BCUT2D eigenvalue weighted by Gasteiger charge is -2.06. The van der Waals surface area contributed by atoms with Crippen LogP contribution < -0.4 is 0 Å². The van der Waals surface area contributed by atoms with E-state index >= 15 is 0 Å². The van der Waals surface area contributed by atoms with Crippen molar-refractivity contribution in [1.82, 2.24) is 0 Å². The molecule has 1 rings (SSSR count). The maximum absolute atomic E-state index is 10.7. The van der Waals surface area contributed by atoms with Crippen molar-refractivity contribution in [2.24, 2.45) is 0 Å². The second-order valence-electron chi connectivity index (χ2n) is 2.79. The van der Waals surface area contributed by atoms with Crippen molar-refractivity contribution in [3.05, 3.63) is 0 Å². The summed E-state index contributed by atoms with van der Waals surface area (Å²) in [6, 6.07) is 0. The van der Waals surface area contributed by atoms with E-state index in [0.717, 1.165) is 12.8 Å². The Morgan fingerprint density at radius 3 is 3.09 bits per heavy atom. The van der Waals surface area contributed by atoms with E-state index in [9.17, 15) is 4.79 Å². The summed E-state index contributed by atoms with van der Waals surface area (Å²) in [5.41, 5.74) is 0. The number of carbonyl (C=O) groups excluding carboxylic acids is 1. The van der Waals surface area contributed by atoms with E-state index in [4.69, 9.17) is 4.74 Å². The topological polar surface area (TPSA) is 26.3 Å². The molecule has 0 N–H and O–H groups in total. The van der Waals surface area contributed by atoms with Crippen LogP contribution in [0.3, 0.4) is 0 Å². The maximum atomic E-state index is 10.7. The van der Waals surface area contributed by atoms with E-state index in [1.807, 2.05) is 11.8 Å². The normalized spacial score (nSPS) is 23.7. The van der Waals surface area contributed by atoms with E-state index in [-0.39, 0.29) is 12.1 Å². The number of esters is 1. The molecule has 0 aromatic heterocycles. The molecule has 64 valence electrons. The van der Waals surface area contributed by atoms with Gasteiger partial charge in [-0.2, -0.15) is 11.8 Å². The Hall–Kier alpha value is -0.180. The molecular formula is C8H14O2S. The van der Waals surface area contributed by atoms with E-state index in [1.165, 1.54) is 12.2 Å². The highest BCUT2D eigenvalue weighted by molar-refractivity contribution is 7.98. The monoisotopic (exact) mass is 174 g/mol. The lowest BCUT2D eigenvalue weighted by Crippen LogP contribution is -2.06. The van der Waals surface area contributed by atoms with Crippen LogP contribution in [0, 0.1) is 0 Å². The average Bonchev–Trinajstić information content (AvgIpc) is 2.37. The first-order valence-electron chi connectivity index (χ1n) is 4.01. The smallest absolute Gasteiger partial charge is 0.306 e. The first-order chi connectivity index (χ1) is 5.33. The zero-order valence-electron chi connectivity index (χ0n) is 6.84. The summed E-state index contributed by atoms with van der Waals surface area (Å²) in [5, 5.41) is 0. The number of cyclic esters (lactones) is 1. The third-order valence-corrected chi connectivity index (χ3v) is 2.54. The molecule has 0 aliphatic carbocycles. The predicted molar refractivity (Wildman–Crippen MR) is 46.7 cm³/mol. The van der Waals surface area contributed by atoms with Crippen LogP contribution in [0.25, 0.3) is 0 Å². The summed E-state index contributed by atoms with van der Waals surface area (Å²) in [6.07, 6.45) is 6.11. The van der Waals surface area contributed by atoms with Crippen LogP contribution >= 0.6 is 11.8 Å². The number of carbonyl (C=O) groups is 1. The average molecular weight is 174 g/mol. The summed E-state index contributed by atoms with van der Waals surface area (Å²) in [4.78, 5) is 10.7. The number of hydrogen-bond acceptors (Lipinski definition) is 3. The van der Waals surface area contributed by atoms with Gasteiger partial charge in [0.15, 0.2) is 0 Å². The van der Waals surface area contributed by atoms with Crippen molar-refractivity contribution in [2.45, 2.75) is 31.8 Å². The van der Waals surface area contributed by atoms with Gasteiger partial charge in [0.2, 0.25) is 0 Å². The zero-order valence-corrected chi connectivity index (χ0v) is 7.65. The van der Waals surface area contributed by atoms with Crippen molar-refractivity contribution < 1.29 is 9.53 Å². The van der Waals surface area contributed by atoms with Gasteiger partial charge in [0.25, 0.3) is 0 Å². The summed E-state index contributed by atoms with van der Waals surface area (Å²) >= 11 is 1.85. The fourth-order valence-electron chi connectivity index (χ4n) is 1.24. The van der Waals surface area contributed by atoms with E-state index in [1.54, 1.807) is 0 Å². The van der Waals surface area contributed by atoms with Crippen molar-refractivity contribution in [3.8, 4) is 0 Å². The van der Waals surface area contributed by atoms with Crippen LogP contribution in [0.4, 0.5) is 0 Å². The molecule has 0 bridgehead atoms. The van der Waals surface area contributed by atoms with Crippen molar-refractivity contribution in [1.29, 1.82) is 0 Å². The summed E-state index contributed by atoms with van der Waals surface area (Å²) in [6.45, 7) is 0. The summed E-state index contributed by atoms with van der Waals surface area (Å²) in [5.74, 6) is 1.16. The molecule has 3 heteroatoms. The first-order valence-corrected chi connectivity index (χ1v) is 5.40. The minimum absolute atomic E-state index is 0.0147. The van der Waals surface area contributed by atoms with Gasteiger partial charge in [0, 0.05) is 6.42 Å². The van der Waals surface area contributed by atoms with E-state index < -0.39 is 0 Å². The van der Waals surface area contributed by atoms with Gasteiger partial charge in [-0.1, -0.05) is 0 Å². The largest absolute Gasteiger partial charge is 0.462 e. The Kier molecular flexibility index (Phi) is 3.77. The molecule has 0 spiro atoms. The maximum Gasteiger partial charge on any atom is 0.306 e. The molecule has 0 amide bonds. The molecule has 11 heavy (non-hydrogen) atoms. The van der Waals surface area contributed by atoms with Crippen LogP contribution in [0.15, 0.2) is 0 Å². The minimum atomic E-state index is -0.0147. The Morgan fingerprint density at radius 1 is 1.73 bits per heavy atom.